The van der Waals surface area contributed by atoms with Crippen molar-refractivity contribution in [2.75, 3.05) is 0 Å². The van der Waals surface area contributed by atoms with Gasteiger partial charge < -0.3 is 4.42 Å². The van der Waals surface area contributed by atoms with E-state index < -0.39 is 0 Å². The minimum Gasteiger partial charge on any atom is -0.448 e. The van der Waals surface area contributed by atoms with Crippen LogP contribution in [0, 0.1) is 0 Å². The topological polar surface area (TPSA) is 60.4 Å². The second-order valence-electron chi connectivity index (χ2n) is 4.24. The molecule has 0 fully saturated rings. The number of para-hydroxylation sites is 1. The highest BCUT2D eigenvalue weighted by Crippen LogP contribution is 2.26. The summed E-state index contributed by atoms with van der Waals surface area (Å²) in [4.78, 5) is 17.5. The number of aryl methyl sites for hydroxylation is 1. The first kappa shape index (κ1) is 10.7. The van der Waals surface area contributed by atoms with Crippen LogP contribution in [-0.4, -0.2) is 14.6 Å². The Morgan fingerprint density at radius 3 is 3.05 bits per heavy atom. The van der Waals surface area contributed by atoms with Crippen LogP contribution in [0.25, 0.3) is 27.0 Å². The molecule has 3 heterocycles. The van der Waals surface area contributed by atoms with Gasteiger partial charge in [0.2, 0.25) is 10.5 Å². The molecule has 6 heteroatoms. The van der Waals surface area contributed by atoms with E-state index in [1.165, 1.54) is 15.9 Å². The summed E-state index contributed by atoms with van der Waals surface area (Å²) in [6, 6.07) is 7.52. The number of benzene rings is 1. The third-order valence-electron chi connectivity index (χ3n) is 3.07. The predicted octanol–water partition coefficient (Wildman–Crippen LogP) is 2.61. The Balaban J connectivity index is 2.26. The molecule has 0 atom stereocenters. The molecule has 0 radical (unpaired) electrons. The maximum Gasteiger partial charge on any atom is 0.318 e. The highest BCUT2D eigenvalue weighted by molar-refractivity contribution is 7.16. The van der Waals surface area contributed by atoms with Gasteiger partial charge in [0.05, 0.1) is 0 Å². The van der Waals surface area contributed by atoms with Crippen LogP contribution in [0.3, 0.4) is 0 Å². The smallest absolute Gasteiger partial charge is 0.318 e. The summed E-state index contributed by atoms with van der Waals surface area (Å²) in [7, 11) is 0. The fraction of sp³-hybridized carbons (Fsp3) is 0.154. The van der Waals surface area contributed by atoms with Crippen molar-refractivity contribution >= 4 is 38.4 Å². The highest BCUT2D eigenvalue weighted by atomic mass is 32.1. The van der Waals surface area contributed by atoms with Gasteiger partial charge in [0.25, 0.3) is 0 Å². The van der Waals surface area contributed by atoms with Gasteiger partial charge in [-0.05, 0) is 18.6 Å². The maximum atomic E-state index is 12.4. The number of hydrogen-bond donors (Lipinski definition) is 0. The fourth-order valence-corrected chi connectivity index (χ4v) is 2.97. The summed E-state index contributed by atoms with van der Waals surface area (Å²) in [6.45, 7) is 2.00. The van der Waals surface area contributed by atoms with Crippen LogP contribution in [0.1, 0.15) is 11.9 Å². The molecular weight excluding hydrogens is 262 g/mol. The number of nitrogens with zero attached hydrogens (tertiary/aromatic N) is 3. The Kier molecular flexibility index (Phi) is 2.05. The minimum atomic E-state index is -0.243. The van der Waals surface area contributed by atoms with Gasteiger partial charge in [0.1, 0.15) is 16.1 Å². The molecule has 0 saturated heterocycles. The Labute approximate surface area is 111 Å². The Bertz CT molecular complexity index is 980. The van der Waals surface area contributed by atoms with Crippen LogP contribution in [0.5, 0.6) is 0 Å². The Morgan fingerprint density at radius 2 is 2.21 bits per heavy atom. The molecule has 3 aromatic heterocycles. The first-order chi connectivity index (χ1) is 9.28. The average molecular weight is 271 g/mol. The summed E-state index contributed by atoms with van der Waals surface area (Å²) in [6.07, 6.45) is 0.787. The van der Waals surface area contributed by atoms with Gasteiger partial charge >= 0.3 is 5.56 Å². The van der Waals surface area contributed by atoms with Crippen molar-refractivity contribution in [1.82, 2.24) is 14.6 Å². The molecular formula is C13H9N3O2S. The van der Waals surface area contributed by atoms with Gasteiger partial charge in [-0.15, -0.1) is 0 Å². The quantitative estimate of drug-likeness (QED) is 0.534. The van der Waals surface area contributed by atoms with Crippen LogP contribution in [0.15, 0.2) is 33.5 Å². The van der Waals surface area contributed by atoms with E-state index >= 15 is 0 Å². The van der Waals surface area contributed by atoms with Crippen molar-refractivity contribution in [1.29, 1.82) is 0 Å². The van der Waals surface area contributed by atoms with Crippen molar-refractivity contribution in [3.05, 3.63) is 39.6 Å². The van der Waals surface area contributed by atoms with Crippen LogP contribution < -0.4 is 5.56 Å². The second-order valence-corrected chi connectivity index (χ2v) is 5.28. The first-order valence-corrected chi connectivity index (χ1v) is 6.79. The van der Waals surface area contributed by atoms with E-state index in [2.05, 4.69) is 10.1 Å². The van der Waals surface area contributed by atoms with Gasteiger partial charge in [0, 0.05) is 5.39 Å². The van der Waals surface area contributed by atoms with Crippen LogP contribution >= 0.6 is 11.3 Å². The molecule has 5 nitrogen and oxygen atoms in total. The number of fused-ring (bicyclic) bond motifs is 4. The van der Waals surface area contributed by atoms with Crippen LogP contribution in [0.2, 0.25) is 0 Å². The molecule has 4 aromatic rings. The van der Waals surface area contributed by atoms with E-state index in [0.29, 0.717) is 16.1 Å². The normalized spacial score (nSPS) is 11.8. The molecule has 0 bridgehead atoms. The lowest BCUT2D eigenvalue weighted by Gasteiger charge is -1.89. The lowest BCUT2D eigenvalue weighted by molar-refractivity contribution is 0.656. The van der Waals surface area contributed by atoms with Gasteiger partial charge in [-0.3, -0.25) is 4.79 Å². The Hall–Kier alpha value is -2.21. The lowest BCUT2D eigenvalue weighted by atomic mass is 10.2. The third-order valence-corrected chi connectivity index (χ3v) is 4.12. The zero-order valence-corrected chi connectivity index (χ0v) is 10.9. The third kappa shape index (κ3) is 1.37. The number of rotatable bonds is 1. The molecule has 0 aliphatic heterocycles. The minimum absolute atomic E-state index is 0.243. The molecule has 0 N–H and O–H groups in total. The lowest BCUT2D eigenvalue weighted by Crippen LogP contribution is -2.14. The van der Waals surface area contributed by atoms with E-state index in [1.807, 2.05) is 31.2 Å². The van der Waals surface area contributed by atoms with Crippen molar-refractivity contribution in [2.45, 2.75) is 13.3 Å². The molecule has 0 saturated carbocycles. The van der Waals surface area contributed by atoms with Gasteiger partial charge in [-0.1, -0.05) is 30.4 Å². The maximum absolute atomic E-state index is 12.4. The summed E-state index contributed by atoms with van der Waals surface area (Å²) < 4.78 is 6.93. The van der Waals surface area contributed by atoms with E-state index in [1.54, 1.807) is 0 Å². The van der Waals surface area contributed by atoms with Crippen molar-refractivity contribution < 1.29 is 4.42 Å². The number of furan rings is 1. The standard InChI is InChI=1S/C13H9N3O2S/c1-2-9-15-16-12(17)11-10(14-13(16)19-9)7-5-3-4-6-8(7)18-11/h3-6H,2H2,1H3. The van der Waals surface area contributed by atoms with Crippen molar-refractivity contribution in [3.8, 4) is 0 Å². The van der Waals surface area contributed by atoms with E-state index in [0.717, 1.165) is 16.8 Å². The summed E-state index contributed by atoms with van der Waals surface area (Å²) >= 11 is 1.44. The molecule has 4 rings (SSSR count). The first-order valence-electron chi connectivity index (χ1n) is 5.98. The summed E-state index contributed by atoms with van der Waals surface area (Å²) in [5.41, 5.74) is 1.32. The van der Waals surface area contributed by atoms with Crippen molar-refractivity contribution in [2.24, 2.45) is 0 Å². The SMILES string of the molecule is CCc1nn2c(=O)c3oc4ccccc4c3nc2s1. The number of aromatic nitrogens is 3. The van der Waals surface area contributed by atoms with Gasteiger partial charge in [-0.25, -0.2) is 4.98 Å². The van der Waals surface area contributed by atoms with Gasteiger partial charge in [-0.2, -0.15) is 9.61 Å². The van der Waals surface area contributed by atoms with Gasteiger partial charge in [0.15, 0.2) is 0 Å². The largest absolute Gasteiger partial charge is 0.448 e. The molecule has 19 heavy (non-hydrogen) atoms. The molecule has 1 aromatic carbocycles. The highest BCUT2D eigenvalue weighted by Gasteiger charge is 2.16. The molecule has 0 unspecified atom stereocenters. The average Bonchev–Trinajstić information content (AvgIpc) is 3.01. The fourth-order valence-electron chi connectivity index (χ4n) is 2.15. The predicted molar refractivity (Wildman–Crippen MR) is 73.8 cm³/mol. The number of hydrogen-bond acceptors (Lipinski definition) is 5. The zero-order valence-electron chi connectivity index (χ0n) is 10.1. The second kappa shape index (κ2) is 3.64. The molecule has 0 aliphatic carbocycles. The molecule has 0 aliphatic rings. The van der Waals surface area contributed by atoms with E-state index in [9.17, 15) is 4.79 Å². The summed E-state index contributed by atoms with van der Waals surface area (Å²) in [5.74, 6) is 0. The van der Waals surface area contributed by atoms with Crippen LogP contribution in [0.4, 0.5) is 0 Å². The zero-order chi connectivity index (χ0) is 13.0. The van der Waals surface area contributed by atoms with Crippen LogP contribution in [-0.2, 0) is 6.42 Å². The van der Waals surface area contributed by atoms with E-state index in [4.69, 9.17) is 4.42 Å². The molecule has 0 spiro atoms. The monoisotopic (exact) mass is 271 g/mol. The Morgan fingerprint density at radius 1 is 1.37 bits per heavy atom. The molecule has 0 amide bonds. The molecule has 94 valence electrons. The van der Waals surface area contributed by atoms with E-state index in [-0.39, 0.29) is 11.1 Å². The summed E-state index contributed by atoms with van der Waals surface area (Å²) in [5, 5.41) is 6.01. The van der Waals surface area contributed by atoms with Crippen molar-refractivity contribution in [3.63, 3.8) is 0 Å².